The zero-order valence-corrected chi connectivity index (χ0v) is 13.0. The minimum absolute atomic E-state index is 0.0224. The van der Waals surface area contributed by atoms with E-state index in [-0.39, 0.29) is 11.1 Å². The lowest BCUT2D eigenvalue weighted by molar-refractivity contribution is -0.384. The van der Waals surface area contributed by atoms with Crippen LogP contribution < -0.4 is 0 Å². The molecule has 2 bridgehead atoms. The van der Waals surface area contributed by atoms with E-state index in [4.69, 9.17) is 4.74 Å². The molecule has 22 heavy (non-hydrogen) atoms. The highest BCUT2D eigenvalue weighted by molar-refractivity contribution is 5.89. The molecule has 2 saturated carbocycles. The van der Waals surface area contributed by atoms with E-state index < -0.39 is 10.9 Å². The number of nitro groups is 1. The molecule has 5 heteroatoms. The average Bonchev–Trinajstić information content (AvgIpc) is 3.05. The fourth-order valence-electron chi connectivity index (χ4n) is 4.29. The molecular formula is C17H21NO4. The molecular weight excluding hydrogens is 282 g/mol. The molecule has 2 aliphatic carbocycles. The van der Waals surface area contributed by atoms with Gasteiger partial charge in [-0.05, 0) is 48.6 Å². The Bertz CT molecular complexity index is 593. The molecule has 0 amide bonds. The van der Waals surface area contributed by atoms with Gasteiger partial charge in [-0.15, -0.1) is 0 Å². The van der Waals surface area contributed by atoms with Crippen molar-refractivity contribution < 1.29 is 14.5 Å². The number of hydrogen-bond acceptors (Lipinski definition) is 4. The molecule has 0 N–H and O–H groups in total. The summed E-state index contributed by atoms with van der Waals surface area (Å²) in [6, 6.07) is 5.56. The maximum Gasteiger partial charge on any atom is 0.338 e. The fraction of sp³-hybridized carbons (Fsp3) is 0.588. The summed E-state index contributed by atoms with van der Waals surface area (Å²) in [4.78, 5) is 22.2. The Balaban J connectivity index is 1.62. The van der Waals surface area contributed by atoms with Gasteiger partial charge in [-0.3, -0.25) is 10.1 Å². The van der Waals surface area contributed by atoms with E-state index in [9.17, 15) is 14.9 Å². The molecule has 0 radical (unpaired) electrons. The van der Waals surface area contributed by atoms with E-state index in [1.54, 1.807) is 0 Å². The lowest BCUT2D eigenvalue weighted by atomic mass is 9.69. The van der Waals surface area contributed by atoms with Crippen molar-refractivity contribution in [2.24, 2.45) is 23.2 Å². The number of nitro benzene ring substituents is 1. The zero-order valence-electron chi connectivity index (χ0n) is 13.0. The molecule has 0 spiro atoms. The predicted octanol–water partition coefficient (Wildman–Crippen LogP) is 3.82. The van der Waals surface area contributed by atoms with E-state index in [1.165, 1.54) is 43.5 Å². The van der Waals surface area contributed by atoms with Crippen LogP contribution in [0, 0.1) is 33.3 Å². The maximum absolute atomic E-state index is 12.1. The summed E-state index contributed by atoms with van der Waals surface area (Å²) in [6.07, 6.45) is 3.80. The van der Waals surface area contributed by atoms with E-state index in [0.717, 1.165) is 5.92 Å². The largest absolute Gasteiger partial charge is 0.462 e. The van der Waals surface area contributed by atoms with E-state index in [1.807, 2.05) is 0 Å². The summed E-state index contributed by atoms with van der Waals surface area (Å²) < 4.78 is 5.49. The van der Waals surface area contributed by atoms with Crippen LogP contribution in [-0.2, 0) is 4.74 Å². The lowest BCUT2D eigenvalue weighted by Gasteiger charge is -2.37. The highest BCUT2D eigenvalue weighted by Gasteiger charge is 2.52. The van der Waals surface area contributed by atoms with Gasteiger partial charge in [0.1, 0.15) is 0 Å². The lowest BCUT2D eigenvalue weighted by Crippen LogP contribution is -2.34. The third-order valence-corrected chi connectivity index (χ3v) is 5.76. The first-order chi connectivity index (χ1) is 10.4. The van der Waals surface area contributed by atoms with E-state index in [2.05, 4.69) is 13.8 Å². The van der Waals surface area contributed by atoms with Gasteiger partial charge < -0.3 is 4.74 Å². The van der Waals surface area contributed by atoms with Crippen LogP contribution in [0.25, 0.3) is 0 Å². The molecule has 3 unspecified atom stereocenters. The summed E-state index contributed by atoms with van der Waals surface area (Å²) in [7, 11) is 0. The molecule has 2 aliphatic rings. The molecule has 5 nitrogen and oxygen atoms in total. The van der Waals surface area contributed by atoms with E-state index >= 15 is 0 Å². The van der Waals surface area contributed by atoms with Gasteiger partial charge in [-0.2, -0.15) is 0 Å². The number of non-ortho nitro benzene ring substituents is 1. The first-order valence-electron chi connectivity index (χ1n) is 7.81. The molecule has 1 aromatic carbocycles. The van der Waals surface area contributed by atoms with Crippen molar-refractivity contribution in [3.8, 4) is 0 Å². The molecule has 3 rings (SSSR count). The van der Waals surface area contributed by atoms with Gasteiger partial charge in [0.25, 0.3) is 5.69 Å². The molecule has 0 aromatic heterocycles. The van der Waals surface area contributed by atoms with Crippen molar-refractivity contribution in [1.82, 2.24) is 0 Å². The smallest absolute Gasteiger partial charge is 0.338 e. The first-order valence-corrected chi connectivity index (χ1v) is 7.81. The van der Waals surface area contributed by atoms with Crippen molar-refractivity contribution in [2.45, 2.75) is 33.1 Å². The van der Waals surface area contributed by atoms with Crippen molar-refractivity contribution >= 4 is 11.7 Å². The number of carbonyl (C=O) groups is 1. The van der Waals surface area contributed by atoms with Crippen LogP contribution in [0.2, 0.25) is 0 Å². The monoisotopic (exact) mass is 303 g/mol. The van der Waals surface area contributed by atoms with Gasteiger partial charge in [0.15, 0.2) is 0 Å². The first kappa shape index (κ1) is 15.0. The predicted molar refractivity (Wildman–Crippen MR) is 81.5 cm³/mol. The highest BCUT2D eigenvalue weighted by atomic mass is 16.6. The third kappa shape index (κ3) is 2.49. The molecule has 2 fully saturated rings. The summed E-state index contributed by atoms with van der Waals surface area (Å²) in [5.74, 6) is 1.45. The van der Waals surface area contributed by atoms with Gasteiger partial charge >= 0.3 is 5.97 Å². The van der Waals surface area contributed by atoms with Gasteiger partial charge in [0.2, 0.25) is 0 Å². The van der Waals surface area contributed by atoms with Gasteiger partial charge in [0.05, 0.1) is 17.1 Å². The van der Waals surface area contributed by atoms with Crippen molar-refractivity contribution in [3.63, 3.8) is 0 Å². The van der Waals surface area contributed by atoms with Crippen molar-refractivity contribution in [1.29, 1.82) is 0 Å². The number of benzene rings is 1. The number of rotatable bonds is 4. The second-order valence-corrected chi connectivity index (χ2v) is 7.10. The van der Waals surface area contributed by atoms with Gasteiger partial charge in [-0.1, -0.05) is 13.8 Å². The van der Waals surface area contributed by atoms with Gasteiger partial charge in [0, 0.05) is 18.1 Å². The average molecular weight is 303 g/mol. The van der Waals surface area contributed by atoms with E-state index in [0.29, 0.717) is 24.0 Å². The number of hydrogen-bond donors (Lipinski definition) is 0. The molecule has 1 aromatic rings. The fourth-order valence-corrected chi connectivity index (χ4v) is 4.29. The van der Waals surface area contributed by atoms with Gasteiger partial charge in [-0.25, -0.2) is 4.79 Å². The Labute approximate surface area is 129 Å². The van der Waals surface area contributed by atoms with Crippen LogP contribution in [0.4, 0.5) is 5.69 Å². The Kier molecular flexibility index (Phi) is 3.67. The Morgan fingerprint density at radius 1 is 1.32 bits per heavy atom. The zero-order chi connectivity index (χ0) is 15.9. The molecule has 118 valence electrons. The molecule has 0 heterocycles. The molecule has 3 atom stereocenters. The van der Waals surface area contributed by atoms with Crippen LogP contribution in [0.15, 0.2) is 24.3 Å². The topological polar surface area (TPSA) is 69.4 Å². The number of carbonyl (C=O) groups excluding carboxylic acids is 1. The number of fused-ring (bicyclic) bond motifs is 2. The van der Waals surface area contributed by atoms with Crippen LogP contribution in [0.1, 0.15) is 43.5 Å². The van der Waals surface area contributed by atoms with Crippen LogP contribution in [0.3, 0.4) is 0 Å². The SMILES string of the molecule is CC1(C)C2CCC(C2)C1COC(=O)c1ccc([N+](=O)[O-])cc1. The third-order valence-electron chi connectivity index (χ3n) is 5.76. The second kappa shape index (κ2) is 5.38. The summed E-state index contributed by atoms with van der Waals surface area (Å²) in [5.41, 5.74) is 0.580. The highest BCUT2D eigenvalue weighted by Crippen LogP contribution is 2.59. The molecule has 0 saturated heterocycles. The Morgan fingerprint density at radius 2 is 2.00 bits per heavy atom. The second-order valence-electron chi connectivity index (χ2n) is 7.10. The number of ether oxygens (including phenoxy) is 1. The number of esters is 1. The normalized spacial score (nSPS) is 28.5. The summed E-state index contributed by atoms with van der Waals surface area (Å²) in [5, 5.41) is 10.6. The maximum atomic E-state index is 12.1. The van der Waals surface area contributed by atoms with Crippen LogP contribution in [0.5, 0.6) is 0 Å². The van der Waals surface area contributed by atoms with Crippen molar-refractivity contribution in [2.75, 3.05) is 6.61 Å². The number of nitrogens with zero attached hydrogens (tertiary/aromatic N) is 1. The van der Waals surface area contributed by atoms with Crippen molar-refractivity contribution in [3.05, 3.63) is 39.9 Å². The minimum Gasteiger partial charge on any atom is -0.462 e. The van der Waals surface area contributed by atoms with Crippen LogP contribution >= 0.6 is 0 Å². The van der Waals surface area contributed by atoms with Crippen LogP contribution in [-0.4, -0.2) is 17.5 Å². The summed E-state index contributed by atoms with van der Waals surface area (Å²) >= 11 is 0. The summed E-state index contributed by atoms with van der Waals surface area (Å²) in [6.45, 7) is 5.01. The Hall–Kier alpha value is -1.91. The quantitative estimate of drug-likeness (QED) is 0.481. The molecule has 0 aliphatic heterocycles. The Morgan fingerprint density at radius 3 is 2.55 bits per heavy atom. The minimum atomic E-state index is -0.479. The standard InChI is InChI=1S/C17H21NO4/c1-17(2)13-6-3-12(9-13)15(17)10-22-16(19)11-4-7-14(8-5-11)18(20)21/h4-5,7-8,12-13,15H,3,6,9-10H2,1-2H3.